The zero-order chi connectivity index (χ0) is 40.4. The first-order chi connectivity index (χ1) is 28.4. The summed E-state index contributed by atoms with van der Waals surface area (Å²) in [5.41, 5.74) is 10.5. The van der Waals surface area contributed by atoms with E-state index in [9.17, 15) is 0 Å². The van der Waals surface area contributed by atoms with Crippen molar-refractivity contribution in [1.82, 2.24) is 0 Å². The Bertz CT molecular complexity index is 2130. The number of rotatable bonds is 20. The fraction of sp³-hybridized carbons (Fsp3) is 0.370. The summed E-state index contributed by atoms with van der Waals surface area (Å²) in [5.74, 6) is 1.49. The number of para-hydroxylation sites is 2. The maximum atomic E-state index is 2.57. The molecular weight excluding hydrogens is 741 g/mol. The Kier molecular flexibility index (Phi) is 14.4. The molecule has 2 aromatic heterocycles. The molecule has 0 aliphatic carbocycles. The number of nitrogens with zero attached hydrogens (tertiary/aromatic N) is 2. The summed E-state index contributed by atoms with van der Waals surface area (Å²) in [6.07, 6.45) is 15.0. The van der Waals surface area contributed by atoms with Crippen LogP contribution in [0, 0.1) is 25.7 Å². The molecule has 4 heteroatoms. The monoisotopic (exact) mass is 804 g/mol. The van der Waals surface area contributed by atoms with Crippen LogP contribution in [0.5, 0.6) is 0 Å². The van der Waals surface area contributed by atoms with Gasteiger partial charge in [-0.3, -0.25) is 0 Å². The number of aryl methyl sites for hydroxylation is 4. The fourth-order valence-electron chi connectivity index (χ4n) is 8.90. The van der Waals surface area contributed by atoms with Crippen LogP contribution >= 0.6 is 22.7 Å². The highest BCUT2D eigenvalue weighted by Gasteiger charge is 2.26. The third-order valence-electron chi connectivity index (χ3n) is 12.3. The molecule has 0 N–H and O–H groups in total. The van der Waals surface area contributed by atoms with Crippen LogP contribution in [0.4, 0.5) is 32.8 Å². The second-order valence-corrected chi connectivity index (χ2v) is 18.6. The van der Waals surface area contributed by atoms with Gasteiger partial charge in [-0.15, -0.1) is 22.7 Å². The van der Waals surface area contributed by atoms with E-state index in [2.05, 4.69) is 173 Å². The number of hydrogen-bond donors (Lipinski definition) is 0. The lowest BCUT2D eigenvalue weighted by molar-refractivity contribution is 0.422. The molecular formula is C54H64N2S2. The Morgan fingerprint density at radius 3 is 1.21 bits per heavy atom. The lowest BCUT2D eigenvalue weighted by Gasteiger charge is -2.24. The third kappa shape index (κ3) is 9.56. The molecule has 5 aromatic carbocycles. The zero-order valence-corrected chi connectivity index (χ0v) is 37.5. The molecule has 0 aliphatic rings. The smallest absolute Gasteiger partial charge is 0.101 e. The molecule has 58 heavy (non-hydrogen) atoms. The van der Waals surface area contributed by atoms with E-state index < -0.39 is 0 Å². The van der Waals surface area contributed by atoms with Crippen LogP contribution in [0.2, 0.25) is 0 Å². The summed E-state index contributed by atoms with van der Waals surface area (Å²) in [5, 5.41) is 5.54. The Morgan fingerprint density at radius 1 is 0.448 bits per heavy atom. The average molecular weight is 805 g/mol. The summed E-state index contributed by atoms with van der Waals surface area (Å²) in [4.78, 5) is 5.01. The van der Waals surface area contributed by atoms with Gasteiger partial charge in [0.2, 0.25) is 0 Å². The predicted molar refractivity (Wildman–Crippen MR) is 259 cm³/mol. The van der Waals surface area contributed by atoms with Gasteiger partial charge in [-0.1, -0.05) is 140 Å². The predicted octanol–water partition coefficient (Wildman–Crippen LogP) is 18.0. The van der Waals surface area contributed by atoms with Crippen molar-refractivity contribution in [3.63, 3.8) is 0 Å². The maximum absolute atomic E-state index is 2.57. The molecule has 2 atom stereocenters. The maximum Gasteiger partial charge on any atom is 0.101 e. The number of fused-ring (bicyclic) bond motifs is 2. The lowest BCUT2D eigenvalue weighted by atomic mass is 9.88. The standard InChI is InChI=1S/C54H64N2S2/c1-7-11-23-41(9-3)31-33-47-49-37-51(55(43-25-15-13-16-26-43)45-29-19-21-39(5)35-45)58-54(49)48(34-32-42(10-4)24-12-8-2)50-38-52(57-53(47)50)56(44-27-17-14-18-28-44)46-30-20-22-40(6)36-46/h13-22,25-30,35-38,41-42H,7-12,23-24,31-34H2,1-6H3. The number of hydrogen-bond acceptors (Lipinski definition) is 4. The minimum absolute atomic E-state index is 0.743. The van der Waals surface area contributed by atoms with Crippen molar-refractivity contribution in [1.29, 1.82) is 0 Å². The third-order valence-corrected chi connectivity index (χ3v) is 14.7. The summed E-state index contributed by atoms with van der Waals surface area (Å²) in [7, 11) is 0. The van der Waals surface area contributed by atoms with Crippen molar-refractivity contribution in [3.05, 3.63) is 144 Å². The van der Waals surface area contributed by atoms with Gasteiger partial charge < -0.3 is 9.80 Å². The van der Waals surface area contributed by atoms with Crippen LogP contribution in [-0.2, 0) is 12.8 Å². The Balaban J connectivity index is 1.48. The Morgan fingerprint density at radius 2 is 0.845 bits per heavy atom. The minimum Gasteiger partial charge on any atom is -0.302 e. The van der Waals surface area contributed by atoms with E-state index in [1.807, 2.05) is 22.7 Å². The fourth-order valence-corrected chi connectivity index (χ4v) is 11.5. The van der Waals surface area contributed by atoms with Gasteiger partial charge in [0, 0.05) is 32.1 Å². The zero-order valence-electron chi connectivity index (χ0n) is 35.9. The number of anilines is 6. The molecule has 0 bridgehead atoms. The number of thiophene rings is 2. The van der Waals surface area contributed by atoms with E-state index >= 15 is 0 Å². The second-order valence-electron chi connectivity index (χ2n) is 16.5. The second kappa shape index (κ2) is 20.1. The highest BCUT2D eigenvalue weighted by atomic mass is 32.1. The van der Waals surface area contributed by atoms with Gasteiger partial charge in [-0.05, 0) is 145 Å². The molecule has 0 amide bonds. The Hall–Kier alpha value is -4.38. The molecule has 0 fully saturated rings. The van der Waals surface area contributed by atoms with Gasteiger partial charge in [0.05, 0.1) is 0 Å². The van der Waals surface area contributed by atoms with Gasteiger partial charge in [0.1, 0.15) is 10.0 Å². The first kappa shape index (κ1) is 41.8. The molecule has 0 radical (unpaired) electrons. The van der Waals surface area contributed by atoms with Gasteiger partial charge in [-0.25, -0.2) is 0 Å². The molecule has 2 unspecified atom stereocenters. The topological polar surface area (TPSA) is 6.48 Å². The Labute approximate surface area is 357 Å². The van der Waals surface area contributed by atoms with Gasteiger partial charge >= 0.3 is 0 Å². The van der Waals surface area contributed by atoms with Crippen molar-refractivity contribution >= 4 is 75.6 Å². The van der Waals surface area contributed by atoms with E-state index in [0.29, 0.717) is 0 Å². The van der Waals surface area contributed by atoms with Crippen LogP contribution in [-0.4, -0.2) is 0 Å². The molecule has 2 nitrogen and oxygen atoms in total. The largest absolute Gasteiger partial charge is 0.302 e. The van der Waals surface area contributed by atoms with E-state index in [4.69, 9.17) is 0 Å². The minimum atomic E-state index is 0.743. The first-order valence-corrected chi connectivity index (χ1v) is 23.9. The number of benzene rings is 5. The van der Waals surface area contributed by atoms with Crippen LogP contribution in [0.15, 0.2) is 121 Å². The van der Waals surface area contributed by atoms with Crippen molar-refractivity contribution < 1.29 is 0 Å². The first-order valence-electron chi connectivity index (χ1n) is 22.3. The van der Waals surface area contributed by atoms with Crippen LogP contribution < -0.4 is 9.80 Å². The summed E-state index contributed by atoms with van der Waals surface area (Å²) in [6.45, 7) is 13.9. The molecule has 2 heterocycles. The van der Waals surface area contributed by atoms with Gasteiger partial charge in [0.15, 0.2) is 0 Å². The molecule has 0 aliphatic heterocycles. The van der Waals surface area contributed by atoms with Crippen molar-refractivity contribution in [2.45, 2.75) is 119 Å². The van der Waals surface area contributed by atoms with Crippen molar-refractivity contribution in [2.24, 2.45) is 11.8 Å². The van der Waals surface area contributed by atoms with Gasteiger partial charge in [0.25, 0.3) is 0 Å². The lowest BCUT2D eigenvalue weighted by Crippen LogP contribution is -2.08. The number of unbranched alkanes of at least 4 members (excludes halogenated alkanes) is 2. The van der Waals surface area contributed by atoms with Crippen molar-refractivity contribution in [3.8, 4) is 0 Å². The summed E-state index contributed by atoms with van der Waals surface area (Å²) >= 11 is 4.03. The van der Waals surface area contributed by atoms with E-state index in [0.717, 1.165) is 24.7 Å². The molecule has 302 valence electrons. The normalized spacial score (nSPS) is 12.7. The van der Waals surface area contributed by atoms with E-state index in [1.165, 1.54) is 128 Å². The molecule has 0 spiro atoms. The molecule has 7 rings (SSSR count). The van der Waals surface area contributed by atoms with Crippen LogP contribution in [0.25, 0.3) is 20.2 Å². The molecule has 7 aromatic rings. The van der Waals surface area contributed by atoms with Gasteiger partial charge in [-0.2, -0.15) is 0 Å². The molecule has 0 saturated carbocycles. The van der Waals surface area contributed by atoms with E-state index in [1.54, 1.807) is 11.1 Å². The van der Waals surface area contributed by atoms with E-state index in [-0.39, 0.29) is 0 Å². The highest BCUT2D eigenvalue weighted by molar-refractivity contribution is 7.25. The SMILES string of the molecule is CCCCC(CC)CCc1c2cc(N(c3ccccc3)c3cccc(C)c3)sc2c(CCC(CC)CCCC)c2cc(N(c3ccccc3)c3cccc(C)c3)sc12. The van der Waals surface area contributed by atoms with Crippen LogP contribution in [0.1, 0.15) is 114 Å². The summed E-state index contributed by atoms with van der Waals surface area (Å²) in [6, 6.07) is 45.2. The highest BCUT2D eigenvalue weighted by Crippen LogP contribution is 2.51. The molecule has 0 saturated heterocycles. The summed E-state index contributed by atoms with van der Waals surface area (Å²) < 4.78 is 2.98. The van der Waals surface area contributed by atoms with Crippen molar-refractivity contribution in [2.75, 3.05) is 9.80 Å². The van der Waals surface area contributed by atoms with Crippen LogP contribution in [0.3, 0.4) is 0 Å². The quantitative estimate of drug-likeness (QED) is 0.0757. The average Bonchev–Trinajstić information content (AvgIpc) is 3.88.